The van der Waals surface area contributed by atoms with E-state index in [1.807, 2.05) is 12.1 Å². The molecule has 9 heteroatoms. The van der Waals surface area contributed by atoms with Gasteiger partial charge in [-0.2, -0.15) is 0 Å². The van der Waals surface area contributed by atoms with E-state index in [-0.39, 0.29) is 22.8 Å². The Morgan fingerprint density at radius 3 is 2.48 bits per heavy atom. The van der Waals surface area contributed by atoms with Crippen molar-refractivity contribution in [1.29, 1.82) is 0 Å². The van der Waals surface area contributed by atoms with Crippen molar-refractivity contribution in [2.24, 2.45) is 0 Å². The number of methoxy groups -OCH3 is 1. The minimum Gasteiger partial charge on any atom is -0.490 e. The summed E-state index contributed by atoms with van der Waals surface area (Å²) >= 11 is 0. The van der Waals surface area contributed by atoms with Crippen LogP contribution >= 0.6 is 0 Å². The minimum atomic E-state index is -0.720. The van der Waals surface area contributed by atoms with Crippen LogP contribution in [0.2, 0.25) is 0 Å². The van der Waals surface area contributed by atoms with Crippen molar-refractivity contribution >= 4 is 28.5 Å². The van der Waals surface area contributed by atoms with Crippen LogP contribution in [0.15, 0.2) is 46.9 Å². The number of nitrogens with one attached hydrogen (secondary N) is 2. The first-order chi connectivity index (χ1) is 12.9. The number of para-hydroxylation sites is 1. The Balaban J connectivity index is 1.75. The predicted octanol–water partition coefficient (Wildman–Crippen LogP) is 2.73. The van der Waals surface area contributed by atoms with Crippen LogP contribution in [0.25, 0.3) is 11.0 Å². The van der Waals surface area contributed by atoms with Crippen molar-refractivity contribution in [3.63, 3.8) is 0 Å². The first-order valence-electron chi connectivity index (χ1n) is 7.83. The summed E-state index contributed by atoms with van der Waals surface area (Å²) in [7, 11) is 1.29. The zero-order valence-electron chi connectivity index (χ0n) is 14.4. The topological polar surface area (TPSA) is 124 Å². The van der Waals surface area contributed by atoms with E-state index in [0.717, 1.165) is 11.5 Å². The molecule has 0 aliphatic carbocycles. The molecule has 2 aromatic carbocycles. The fraction of sp³-hybridized carbons (Fsp3) is 0.111. The fourth-order valence-electron chi connectivity index (χ4n) is 2.61. The Kier molecular flexibility index (Phi) is 4.75. The summed E-state index contributed by atoms with van der Waals surface area (Å²) in [4.78, 5) is 34.9. The third kappa shape index (κ3) is 3.43. The number of nitro groups is 1. The number of hydrogen-bond donors (Lipinski definition) is 2. The van der Waals surface area contributed by atoms with Crippen LogP contribution in [-0.2, 0) is 0 Å². The number of hydrazine groups is 1. The zero-order valence-corrected chi connectivity index (χ0v) is 14.4. The van der Waals surface area contributed by atoms with E-state index in [4.69, 9.17) is 9.15 Å². The lowest BCUT2D eigenvalue weighted by Crippen LogP contribution is -2.41. The van der Waals surface area contributed by atoms with Gasteiger partial charge in [-0.1, -0.05) is 18.2 Å². The fourth-order valence-corrected chi connectivity index (χ4v) is 2.61. The van der Waals surface area contributed by atoms with E-state index in [9.17, 15) is 19.7 Å². The molecule has 27 heavy (non-hydrogen) atoms. The molecule has 0 atom stereocenters. The highest BCUT2D eigenvalue weighted by atomic mass is 16.6. The zero-order chi connectivity index (χ0) is 19.6. The number of ether oxygens (including phenoxy) is 1. The number of fused-ring (bicyclic) bond motifs is 1. The number of furan rings is 1. The highest BCUT2D eigenvalue weighted by Crippen LogP contribution is 2.27. The van der Waals surface area contributed by atoms with Gasteiger partial charge < -0.3 is 9.15 Å². The van der Waals surface area contributed by atoms with Gasteiger partial charge in [-0.25, -0.2) is 0 Å². The Morgan fingerprint density at radius 2 is 1.81 bits per heavy atom. The van der Waals surface area contributed by atoms with E-state index < -0.39 is 16.7 Å². The highest BCUT2D eigenvalue weighted by molar-refractivity contribution is 6.01. The van der Waals surface area contributed by atoms with Crippen LogP contribution < -0.4 is 15.6 Å². The smallest absolute Gasteiger partial charge is 0.311 e. The van der Waals surface area contributed by atoms with Crippen LogP contribution in [0.5, 0.6) is 5.75 Å². The van der Waals surface area contributed by atoms with Gasteiger partial charge in [0.25, 0.3) is 5.91 Å². The Morgan fingerprint density at radius 1 is 1.11 bits per heavy atom. The number of benzene rings is 2. The highest BCUT2D eigenvalue weighted by Gasteiger charge is 2.20. The number of amides is 2. The maximum absolute atomic E-state index is 12.3. The summed E-state index contributed by atoms with van der Waals surface area (Å²) in [6.07, 6.45) is 0. The van der Waals surface area contributed by atoms with Crippen molar-refractivity contribution in [3.05, 3.63) is 69.5 Å². The van der Waals surface area contributed by atoms with Crippen LogP contribution in [0, 0.1) is 17.0 Å². The molecule has 0 unspecified atom stereocenters. The van der Waals surface area contributed by atoms with E-state index >= 15 is 0 Å². The third-order valence-corrected chi connectivity index (χ3v) is 3.98. The van der Waals surface area contributed by atoms with Crippen molar-refractivity contribution in [2.45, 2.75) is 6.92 Å². The summed E-state index contributed by atoms with van der Waals surface area (Å²) in [5.74, 6) is -1.27. The first kappa shape index (κ1) is 17.9. The lowest BCUT2D eigenvalue weighted by molar-refractivity contribution is -0.385. The number of carbonyl (C=O) groups excluding carboxylic acids is 2. The molecule has 2 amide bonds. The van der Waals surface area contributed by atoms with Gasteiger partial charge in [-0.3, -0.25) is 30.6 Å². The molecule has 1 aromatic heterocycles. The normalized spacial score (nSPS) is 10.4. The quantitative estimate of drug-likeness (QED) is 0.538. The van der Waals surface area contributed by atoms with Gasteiger partial charge in [0.2, 0.25) is 0 Å². The number of rotatable bonds is 4. The molecule has 0 saturated carbocycles. The van der Waals surface area contributed by atoms with Crippen LogP contribution in [0.3, 0.4) is 0 Å². The van der Waals surface area contributed by atoms with Crippen LogP contribution in [0.4, 0.5) is 5.69 Å². The van der Waals surface area contributed by atoms with Gasteiger partial charge in [0.05, 0.1) is 12.0 Å². The summed E-state index contributed by atoms with van der Waals surface area (Å²) in [5, 5.41) is 11.8. The van der Waals surface area contributed by atoms with E-state index in [1.165, 1.54) is 19.2 Å². The number of aryl methyl sites for hydroxylation is 1. The molecule has 3 aromatic rings. The van der Waals surface area contributed by atoms with Crippen LogP contribution in [-0.4, -0.2) is 23.8 Å². The van der Waals surface area contributed by atoms with Crippen molar-refractivity contribution in [3.8, 4) is 5.75 Å². The van der Waals surface area contributed by atoms with Crippen molar-refractivity contribution in [2.75, 3.05) is 7.11 Å². The monoisotopic (exact) mass is 369 g/mol. The minimum absolute atomic E-state index is 0.0101. The average Bonchev–Trinajstić information content (AvgIpc) is 3.02. The molecule has 138 valence electrons. The second kappa shape index (κ2) is 7.16. The second-order valence-corrected chi connectivity index (χ2v) is 5.60. The largest absolute Gasteiger partial charge is 0.490 e. The lowest BCUT2D eigenvalue weighted by Gasteiger charge is -2.07. The Hall–Kier alpha value is -3.88. The summed E-state index contributed by atoms with van der Waals surface area (Å²) in [6, 6.07) is 10.9. The van der Waals surface area contributed by atoms with Crippen LogP contribution in [0.1, 0.15) is 26.5 Å². The van der Waals surface area contributed by atoms with E-state index in [1.54, 1.807) is 19.1 Å². The lowest BCUT2D eigenvalue weighted by atomic mass is 10.1. The van der Waals surface area contributed by atoms with Gasteiger partial charge in [0, 0.05) is 22.6 Å². The van der Waals surface area contributed by atoms with Crippen molar-refractivity contribution in [1.82, 2.24) is 10.9 Å². The maximum atomic E-state index is 12.3. The Labute approximate surface area is 153 Å². The molecular formula is C18H15N3O6. The molecule has 0 radical (unpaired) electrons. The molecule has 2 N–H and O–H groups in total. The molecule has 0 aliphatic heterocycles. The first-order valence-corrected chi connectivity index (χ1v) is 7.83. The average molecular weight is 369 g/mol. The summed E-state index contributed by atoms with van der Waals surface area (Å²) < 4.78 is 10.4. The number of nitro benzene ring substituents is 1. The van der Waals surface area contributed by atoms with Gasteiger partial charge in [-0.05, 0) is 25.1 Å². The third-order valence-electron chi connectivity index (χ3n) is 3.98. The van der Waals surface area contributed by atoms with Gasteiger partial charge in [0.15, 0.2) is 11.5 Å². The molecule has 1 heterocycles. The number of carbonyl (C=O) groups is 2. The van der Waals surface area contributed by atoms with Gasteiger partial charge >= 0.3 is 11.6 Å². The van der Waals surface area contributed by atoms with Gasteiger partial charge in [-0.15, -0.1) is 0 Å². The Bertz CT molecular complexity index is 1060. The molecule has 3 rings (SSSR count). The molecule has 0 spiro atoms. The van der Waals surface area contributed by atoms with Crippen molar-refractivity contribution < 1.29 is 23.7 Å². The predicted molar refractivity (Wildman–Crippen MR) is 95.5 cm³/mol. The second-order valence-electron chi connectivity index (χ2n) is 5.60. The molecule has 9 nitrogen and oxygen atoms in total. The molecule has 0 saturated heterocycles. The standard InChI is InChI=1S/C18H15N3O6/c1-10-12-5-3-4-6-14(12)27-16(10)18(23)20-19-17(22)11-7-8-15(26-2)13(9-11)21(24)25/h3-9H,1-2H3,(H,19,22)(H,20,23). The summed E-state index contributed by atoms with van der Waals surface area (Å²) in [5.41, 5.74) is 5.28. The van der Waals surface area contributed by atoms with E-state index in [0.29, 0.717) is 11.1 Å². The van der Waals surface area contributed by atoms with Gasteiger partial charge in [0.1, 0.15) is 5.58 Å². The number of hydrogen-bond acceptors (Lipinski definition) is 6. The molecule has 0 bridgehead atoms. The SMILES string of the molecule is COc1ccc(C(=O)NNC(=O)c2oc3ccccc3c2C)cc1[N+](=O)[O-]. The number of nitrogens with zero attached hydrogens (tertiary/aromatic N) is 1. The molecular weight excluding hydrogens is 354 g/mol. The maximum Gasteiger partial charge on any atom is 0.311 e. The summed E-state index contributed by atoms with van der Waals surface area (Å²) in [6.45, 7) is 1.73. The molecule has 0 fully saturated rings. The molecule has 0 aliphatic rings. The van der Waals surface area contributed by atoms with E-state index in [2.05, 4.69) is 10.9 Å².